The van der Waals surface area contributed by atoms with Crippen molar-refractivity contribution in [2.45, 2.75) is 79.8 Å². The molecule has 2 aromatic carbocycles. The predicted octanol–water partition coefficient (Wildman–Crippen LogP) is 3.51. The van der Waals surface area contributed by atoms with Crippen LogP contribution in [0.1, 0.15) is 57.8 Å². The molecule has 1 aromatic heterocycles. The van der Waals surface area contributed by atoms with Crippen molar-refractivity contribution in [2.75, 3.05) is 44.3 Å². The summed E-state index contributed by atoms with van der Waals surface area (Å²) < 4.78 is 40.9. The van der Waals surface area contributed by atoms with Crippen LogP contribution in [0, 0.1) is 17.0 Å². The Hall–Kier alpha value is -4.17. The van der Waals surface area contributed by atoms with Crippen molar-refractivity contribution < 1.29 is 37.0 Å². The Balaban J connectivity index is 0.898. The van der Waals surface area contributed by atoms with Gasteiger partial charge in [-0.05, 0) is 99.0 Å². The minimum atomic E-state index is -4.24. The molecule has 1 N–H and O–H groups in total. The molecule has 3 aliphatic heterocycles. The maximum absolute atomic E-state index is 12.8. The number of aromatic nitrogens is 2. The third-order valence-corrected chi connectivity index (χ3v) is 11.7. The minimum Gasteiger partial charge on any atom is -0.466 e. The highest BCUT2D eigenvalue weighted by Gasteiger charge is 2.48. The first-order valence-corrected chi connectivity index (χ1v) is 18.8. The lowest BCUT2D eigenvalue weighted by atomic mass is 9.69. The van der Waals surface area contributed by atoms with Crippen molar-refractivity contribution in [3.63, 3.8) is 0 Å². The van der Waals surface area contributed by atoms with Gasteiger partial charge in [-0.3, -0.25) is 19.1 Å². The number of benzene rings is 2. The maximum Gasteiger partial charge on any atom is 0.415 e. The number of hydrogen-bond acceptors (Lipinski definition) is 11. The van der Waals surface area contributed by atoms with E-state index in [4.69, 9.17) is 9.47 Å². The number of nitrogens with zero attached hydrogens (tertiary/aromatic N) is 4. The van der Waals surface area contributed by atoms with Crippen LogP contribution in [-0.4, -0.2) is 81.8 Å². The molecule has 264 valence electrons. The van der Waals surface area contributed by atoms with E-state index in [2.05, 4.69) is 55.2 Å². The number of sulfone groups is 1. The van der Waals surface area contributed by atoms with Gasteiger partial charge in [0.2, 0.25) is 5.91 Å². The second kappa shape index (κ2) is 16.0. The fourth-order valence-electron chi connectivity index (χ4n) is 7.88. The van der Waals surface area contributed by atoms with Gasteiger partial charge in [-0.25, -0.2) is 8.42 Å². The van der Waals surface area contributed by atoms with Gasteiger partial charge in [0.1, 0.15) is 6.61 Å². The van der Waals surface area contributed by atoms with Crippen molar-refractivity contribution in [3.8, 4) is 5.88 Å². The zero-order valence-corrected chi connectivity index (χ0v) is 28.5. The molecule has 0 aliphatic carbocycles. The molecule has 13 nitrogen and oxygen atoms in total. The molecule has 0 bridgehead atoms. The molecular weight excluding hydrogens is 650 g/mol. The van der Waals surface area contributed by atoms with Crippen molar-refractivity contribution in [3.05, 3.63) is 65.9 Å². The maximum atomic E-state index is 12.8. The molecule has 4 unspecified atom stereocenters. The van der Waals surface area contributed by atoms with E-state index in [9.17, 15) is 23.2 Å². The number of hydrogen-bond donors (Lipinski definition) is 1. The van der Waals surface area contributed by atoms with Crippen LogP contribution in [0.25, 0.3) is 0 Å². The molecule has 3 aliphatic rings. The number of unbranched alkanes of at least 4 members (excludes halogenated alkanes) is 1. The summed E-state index contributed by atoms with van der Waals surface area (Å²) in [5, 5.41) is 17.2. The Morgan fingerprint density at radius 1 is 0.980 bits per heavy atom. The van der Waals surface area contributed by atoms with E-state index in [0.29, 0.717) is 24.6 Å². The monoisotopic (exact) mass is 695 g/mol. The van der Waals surface area contributed by atoms with Gasteiger partial charge in [-0.1, -0.05) is 36.4 Å². The summed E-state index contributed by atoms with van der Waals surface area (Å²) in [7, 11) is -4.24. The average Bonchev–Trinajstić information content (AvgIpc) is 3.51. The molecule has 0 saturated carbocycles. The first kappa shape index (κ1) is 34.7. The molecular formula is C35H45N5O8S. The lowest BCUT2D eigenvalue weighted by Crippen LogP contribution is -2.64. The highest BCUT2D eigenvalue weighted by molar-refractivity contribution is 7.91. The van der Waals surface area contributed by atoms with Crippen LogP contribution in [-0.2, 0) is 24.2 Å². The second-order valence-corrected chi connectivity index (χ2v) is 14.9. The second-order valence-electron chi connectivity index (χ2n) is 13.1. The number of anilines is 1. The molecule has 6 rings (SSSR count). The number of esters is 1. The third kappa shape index (κ3) is 8.18. The van der Waals surface area contributed by atoms with Crippen molar-refractivity contribution >= 4 is 27.4 Å². The van der Waals surface area contributed by atoms with Gasteiger partial charge in [0.15, 0.2) is 0 Å². The zero-order valence-electron chi connectivity index (χ0n) is 27.7. The van der Waals surface area contributed by atoms with E-state index >= 15 is 0 Å². The van der Waals surface area contributed by atoms with Gasteiger partial charge < -0.3 is 24.9 Å². The van der Waals surface area contributed by atoms with Crippen molar-refractivity contribution in [2.24, 2.45) is 11.8 Å². The highest BCUT2D eigenvalue weighted by Crippen LogP contribution is 2.44. The van der Waals surface area contributed by atoms with Crippen LogP contribution in [0.4, 0.5) is 5.69 Å². The molecule has 3 saturated heterocycles. The summed E-state index contributed by atoms with van der Waals surface area (Å²) in [5.74, 6) is 0.0471. The predicted molar refractivity (Wildman–Crippen MR) is 178 cm³/mol. The molecule has 4 heterocycles. The van der Waals surface area contributed by atoms with Gasteiger partial charge in [0, 0.05) is 30.7 Å². The smallest absolute Gasteiger partial charge is 0.415 e. The Labute approximate surface area is 287 Å². The highest BCUT2D eigenvalue weighted by atomic mass is 32.2. The fraction of sp³-hybridized carbons (Fsp3) is 0.543. The minimum absolute atomic E-state index is 0.00799. The van der Waals surface area contributed by atoms with Gasteiger partial charge >= 0.3 is 16.9 Å². The summed E-state index contributed by atoms with van der Waals surface area (Å²) in [4.78, 5) is 29.7. The van der Waals surface area contributed by atoms with Crippen LogP contribution in [0.5, 0.6) is 5.88 Å². The molecule has 1 amide bonds. The first-order valence-electron chi connectivity index (χ1n) is 17.3. The van der Waals surface area contributed by atoms with Gasteiger partial charge in [-0.2, -0.15) is 0 Å². The van der Waals surface area contributed by atoms with Crippen LogP contribution in [0.2, 0.25) is 0 Å². The molecule has 3 fully saturated rings. The number of rotatable bonds is 15. The summed E-state index contributed by atoms with van der Waals surface area (Å²) in [5.41, 5.74) is 1.31. The largest absolute Gasteiger partial charge is 0.466 e. The van der Waals surface area contributed by atoms with Gasteiger partial charge in [0.05, 0.1) is 29.6 Å². The standard InChI is InChI=1S/C35H45N5O8S/c41-31(36-20-24-47-34-35(40(43)48-37-34)49(44,45)28-14-5-2-6-15-28)18-19-32(42)46-23-8-7-17-30-29-16-10-22-38-21-9-11-26(33(29)38)25-39(30)27-12-3-1-4-13-27/h1-6,12-15,26,29-30,33H,7-11,16-25H2,(H,36,41). The quantitative estimate of drug-likeness (QED) is 0.141. The Morgan fingerprint density at radius 3 is 2.49 bits per heavy atom. The fourth-order valence-corrected chi connectivity index (χ4v) is 9.17. The molecule has 0 radical (unpaired) electrons. The van der Waals surface area contributed by atoms with E-state index in [1.54, 1.807) is 6.07 Å². The lowest BCUT2D eigenvalue weighted by molar-refractivity contribution is -0.832. The average molecular weight is 696 g/mol. The Bertz CT molecular complexity index is 1650. The van der Waals surface area contributed by atoms with E-state index < -0.39 is 32.6 Å². The molecule has 3 aromatic rings. The number of para-hydroxylation sites is 1. The Kier molecular flexibility index (Phi) is 11.3. The number of amides is 1. The number of ether oxygens (including phenoxy) is 2. The van der Waals surface area contributed by atoms with E-state index in [1.807, 2.05) is 0 Å². The molecule has 49 heavy (non-hydrogen) atoms. The molecule has 4 atom stereocenters. The normalized spacial score (nSPS) is 22.2. The van der Waals surface area contributed by atoms with Crippen molar-refractivity contribution in [1.29, 1.82) is 0 Å². The van der Waals surface area contributed by atoms with Gasteiger partial charge in [0.25, 0.3) is 9.84 Å². The van der Waals surface area contributed by atoms with Crippen LogP contribution < -0.4 is 19.9 Å². The zero-order chi connectivity index (χ0) is 34.2. The summed E-state index contributed by atoms with van der Waals surface area (Å²) in [6.45, 7) is 3.69. The van der Waals surface area contributed by atoms with E-state index in [-0.39, 0.29) is 35.8 Å². The van der Waals surface area contributed by atoms with Crippen LogP contribution in [0.3, 0.4) is 0 Å². The van der Waals surface area contributed by atoms with Crippen LogP contribution >= 0.6 is 0 Å². The molecule has 14 heteroatoms. The number of carbonyl (C=O) groups excluding carboxylic acids is 2. The van der Waals surface area contributed by atoms with Gasteiger partial charge in [-0.15, -0.1) is 0 Å². The SMILES string of the molecule is O=C(CCC(=O)OCCCCC1C2CCCN3CCCC(CN1c1ccccc1)C23)NCCOc1no[n+]([O-])c1S(=O)(=O)c1ccccc1. The van der Waals surface area contributed by atoms with Crippen LogP contribution in [0.15, 0.2) is 75.2 Å². The molecule has 0 spiro atoms. The van der Waals surface area contributed by atoms with E-state index in [1.165, 1.54) is 68.7 Å². The van der Waals surface area contributed by atoms with Crippen molar-refractivity contribution in [1.82, 2.24) is 15.4 Å². The topological polar surface area (TPSA) is 158 Å². The summed E-state index contributed by atoms with van der Waals surface area (Å²) >= 11 is 0. The number of nitrogens with one attached hydrogen (secondary N) is 1. The van der Waals surface area contributed by atoms with E-state index in [0.717, 1.165) is 31.7 Å². The lowest BCUT2D eigenvalue weighted by Gasteiger charge is -2.58. The Morgan fingerprint density at radius 2 is 1.71 bits per heavy atom. The number of piperidine rings is 3. The third-order valence-electron chi connectivity index (χ3n) is 9.99. The number of carbonyl (C=O) groups is 2. The first-order chi connectivity index (χ1) is 23.8. The summed E-state index contributed by atoms with van der Waals surface area (Å²) in [6, 6.07) is 19.3. The summed E-state index contributed by atoms with van der Waals surface area (Å²) in [6.07, 6.45) is 7.79.